The van der Waals surface area contributed by atoms with E-state index in [4.69, 9.17) is 10.5 Å². The summed E-state index contributed by atoms with van der Waals surface area (Å²) in [6.45, 7) is 0. The summed E-state index contributed by atoms with van der Waals surface area (Å²) in [5, 5.41) is 19.1. The van der Waals surface area contributed by atoms with Gasteiger partial charge < -0.3 is 0 Å². The fourth-order valence-corrected chi connectivity index (χ4v) is 1.62. The van der Waals surface area contributed by atoms with Gasteiger partial charge in [-0.25, -0.2) is 9.38 Å². The molecule has 0 saturated carbocycles. The number of benzene rings is 1. The van der Waals surface area contributed by atoms with E-state index in [1.54, 1.807) is 0 Å². The van der Waals surface area contributed by atoms with Crippen LogP contribution in [0.3, 0.4) is 0 Å². The SMILES string of the molecule is CSC(=Nc1c(C(F)(F)F)ccc(F)c1C#N)NC#N. The third kappa shape index (κ3) is 3.39. The lowest BCUT2D eigenvalue weighted by atomic mass is 10.1. The highest BCUT2D eigenvalue weighted by atomic mass is 32.2. The molecule has 20 heavy (non-hydrogen) atoms. The minimum absolute atomic E-state index is 0.180. The van der Waals surface area contributed by atoms with Gasteiger partial charge in [0, 0.05) is 0 Å². The van der Waals surface area contributed by atoms with E-state index < -0.39 is 28.8 Å². The second kappa shape index (κ2) is 6.26. The van der Waals surface area contributed by atoms with Crippen molar-refractivity contribution in [2.24, 2.45) is 4.99 Å². The summed E-state index contributed by atoms with van der Waals surface area (Å²) in [4.78, 5) is 3.53. The van der Waals surface area contributed by atoms with Gasteiger partial charge in [0.25, 0.3) is 0 Å². The fourth-order valence-electron chi connectivity index (χ4n) is 1.29. The van der Waals surface area contributed by atoms with Crippen LogP contribution in [0.25, 0.3) is 0 Å². The fraction of sp³-hybridized carbons (Fsp3) is 0.182. The molecule has 0 saturated heterocycles. The van der Waals surface area contributed by atoms with Crippen molar-refractivity contribution in [2.45, 2.75) is 6.18 Å². The van der Waals surface area contributed by atoms with Crippen molar-refractivity contribution in [3.05, 3.63) is 29.1 Å². The first-order valence-electron chi connectivity index (χ1n) is 4.92. The lowest BCUT2D eigenvalue weighted by molar-refractivity contribution is -0.137. The van der Waals surface area contributed by atoms with Crippen LogP contribution in [0.1, 0.15) is 11.1 Å². The summed E-state index contributed by atoms with van der Waals surface area (Å²) < 4.78 is 51.9. The molecule has 1 N–H and O–H groups in total. The number of rotatable bonds is 1. The first kappa shape index (κ1) is 15.8. The van der Waals surface area contributed by atoms with Crippen LogP contribution < -0.4 is 5.32 Å². The Kier molecular flexibility index (Phi) is 4.94. The molecule has 1 aromatic rings. The van der Waals surface area contributed by atoms with Crippen molar-refractivity contribution in [3.8, 4) is 12.3 Å². The van der Waals surface area contributed by atoms with E-state index >= 15 is 0 Å². The summed E-state index contributed by atoms with van der Waals surface area (Å²) in [6, 6.07) is 2.40. The van der Waals surface area contributed by atoms with E-state index in [0.717, 1.165) is 11.8 Å². The van der Waals surface area contributed by atoms with Crippen LogP contribution in [0.5, 0.6) is 0 Å². The van der Waals surface area contributed by atoms with Crippen molar-refractivity contribution in [3.63, 3.8) is 0 Å². The molecule has 0 unspecified atom stereocenters. The average Bonchev–Trinajstić information content (AvgIpc) is 2.37. The molecule has 0 aromatic heterocycles. The third-order valence-electron chi connectivity index (χ3n) is 2.11. The summed E-state index contributed by atoms with van der Waals surface area (Å²) in [6.07, 6.45) is -1.85. The first-order chi connectivity index (χ1) is 9.35. The highest BCUT2D eigenvalue weighted by Crippen LogP contribution is 2.39. The molecule has 1 aromatic carbocycles. The van der Waals surface area contributed by atoms with Crippen LogP contribution in [-0.4, -0.2) is 11.4 Å². The number of hydrogen-bond acceptors (Lipinski definition) is 4. The van der Waals surface area contributed by atoms with E-state index in [2.05, 4.69) is 4.99 Å². The second-order valence-electron chi connectivity index (χ2n) is 3.29. The third-order valence-corrected chi connectivity index (χ3v) is 2.69. The van der Waals surface area contributed by atoms with Crippen molar-refractivity contribution < 1.29 is 17.6 Å². The molecule has 9 heteroatoms. The standard InChI is InChI=1S/C11H6F4N4S/c1-20-10(18-5-17)19-9-6(4-16)8(12)3-2-7(9)11(13,14)15/h2-3H,1H3,(H,18,19). The van der Waals surface area contributed by atoms with Gasteiger partial charge in [0.05, 0.1) is 11.3 Å². The Bertz CT molecular complexity index is 625. The first-order valence-corrected chi connectivity index (χ1v) is 6.15. The van der Waals surface area contributed by atoms with E-state index in [-0.39, 0.29) is 5.17 Å². The molecule has 0 bridgehead atoms. The van der Waals surface area contributed by atoms with Gasteiger partial charge in [0.2, 0.25) is 0 Å². The van der Waals surface area contributed by atoms with Crippen LogP contribution in [0, 0.1) is 28.6 Å². The van der Waals surface area contributed by atoms with Gasteiger partial charge in [0.15, 0.2) is 11.4 Å². The molecular formula is C11H6F4N4S. The van der Waals surface area contributed by atoms with Crippen molar-refractivity contribution in [1.29, 1.82) is 10.5 Å². The molecule has 0 spiro atoms. The van der Waals surface area contributed by atoms with Crippen molar-refractivity contribution in [1.82, 2.24) is 5.32 Å². The summed E-state index contributed by atoms with van der Waals surface area (Å²) in [5.41, 5.74) is -2.93. The molecule has 0 amide bonds. The molecule has 1 rings (SSSR count). The summed E-state index contributed by atoms with van der Waals surface area (Å²) >= 11 is 0.851. The second-order valence-corrected chi connectivity index (χ2v) is 4.08. The van der Waals surface area contributed by atoms with Gasteiger partial charge in [-0.05, 0) is 18.4 Å². The number of thioether (sulfide) groups is 1. The predicted octanol–water partition coefficient (Wildman–Crippen LogP) is 3.14. The highest BCUT2D eigenvalue weighted by Gasteiger charge is 2.35. The maximum Gasteiger partial charge on any atom is 0.418 e. The number of nitriles is 2. The van der Waals surface area contributed by atoms with Gasteiger partial charge in [-0.2, -0.15) is 23.7 Å². The lowest BCUT2D eigenvalue weighted by Gasteiger charge is -2.12. The Balaban J connectivity index is 3.61. The Morgan fingerprint density at radius 2 is 2.00 bits per heavy atom. The smallest absolute Gasteiger partial charge is 0.271 e. The molecule has 4 nitrogen and oxygen atoms in total. The van der Waals surface area contributed by atoms with Crippen LogP contribution >= 0.6 is 11.8 Å². The highest BCUT2D eigenvalue weighted by molar-refractivity contribution is 8.13. The van der Waals surface area contributed by atoms with Gasteiger partial charge >= 0.3 is 6.18 Å². The van der Waals surface area contributed by atoms with Crippen LogP contribution in [-0.2, 0) is 6.18 Å². The number of hydrogen-bond donors (Lipinski definition) is 1. The normalized spacial score (nSPS) is 11.7. The molecule has 0 aliphatic heterocycles. The number of nitrogens with one attached hydrogen (secondary N) is 1. The van der Waals surface area contributed by atoms with E-state index in [1.165, 1.54) is 18.5 Å². The van der Waals surface area contributed by atoms with Crippen LogP contribution in [0.2, 0.25) is 0 Å². The van der Waals surface area contributed by atoms with E-state index in [0.29, 0.717) is 12.1 Å². The number of aliphatic imine (C=N–C) groups is 1. The Morgan fingerprint density at radius 1 is 1.35 bits per heavy atom. The molecule has 0 heterocycles. The number of amidine groups is 1. The largest absolute Gasteiger partial charge is 0.418 e. The molecule has 0 atom stereocenters. The van der Waals surface area contributed by atoms with Gasteiger partial charge in [-0.1, -0.05) is 11.8 Å². The minimum atomic E-state index is -4.80. The topological polar surface area (TPSA) is 72.0 Å². The summed E-state index contributed by atoms with van der Waals surface area (Å²) in [5.74, 6) is -1.11. The molecule has 0 aliphatic carbocycles. The summed E-state index contributed by atoms with van der Waals surface area (Å²) in [7, 11) is 0. The molecule has 0 radical (unpaired) electrons. The molecule has 104 valence electrons. The minimum Gasteiger partial charge on any atom is -0.271 e. The van der Waals surface area contributed by atoms with Crippen molar-refractivity contribution in [2.75, 3.05) is 6.26 Å². The molecule has 0 aliphatic rings. The Morgan fingerprint density at radius 3 is 2.45 bits per heavy atom. The zero-order valence-corrected chi connectivity index (χ0v) is 10.7. The van der Waals surface area contributed by atoms with Crippen LogP contribution in [0.15, 0.2) is 17.1 Å². The van der Waals surface area contributed by atoms with Crippen LogP contribution in [0.4, 0.5) is 23.2 Å². The predicted molar refractivity (Wildman–Crippen MR) is 65.5 cm³/mol. The monoisotopic (exact) mass is 302 g/mol. The quantitative estimate of drug-likeness (QED) is 0.284. The maximum absolute atomic E-state index is 13.4. The molecule has 0 fully saturated rings. The van der Waals surface area contributed by atoms with E-state index in [9.17, 15) is 17.6 Å². The molecular weight excluding hydrogens is 296 g/mol. The zero-order chi connectivity index (χ0) is 15.3. The van der Waals surface area contributed by atoms with Crippen molar-refractivity contribution >= 4 is 22.6 Å². The lowest BCUT2D eigenvalue weighted by Crippen LogP contribution is -2.14. The zero-order valence-electron chi connectivity index (χ0n) is 9.92. The van der Waals surface area contributed by atoms with Gasteiger partial charge in [-0.15, -0.1) is 0 Å². The van der Waals surface area contributed by atoms with Gasteiger partial charge in [0.1, 0.15) is 17.4 Å². The maximum atomic E-state index is 13.4. The number of alkyl halides is 3. The average molecular weight is 302 g/mol. The Hall–Kier alpha value is -2.26. The van der Waals surface area contributed by atoms with Gasteiger partial charge in [-0.3, -0.25) is 5.32 Å². The Labute approximate surface area is 115 Å². The van der Waals surface area contributed by atoms with E-state index in [1.807, 2.05) is 5.32 Å². The number of halogens is 4. The number of nitrogens with zero attached hydrogens (tertiary/aromatic N) is 3.